The summed E-state index contributed by atoms with van der Waals surface area (Å²) in [6.45, 7) is 12.2. The number of rotatable bonds is 19. The van der Waals surface area contributed by atoms with Crippen LogP contribution in [0.25, 0.3) is 17.2 Å². The monoisotopic (exact) mass is 670 g/mol. The highest BCUT2D eigenvalue weighted by molar-refractivity contribution is 7.84. The van der Waals surface area contributed by atoms with Crippen LogP contribution in [0.4, 0.5) is 11.4 Å². The second-order valence-electron chi connectivity index (χ2n) is 12.3. The number of benzene rings is 3. The highest BCUT2D eigenvalue weighted by atomic mass is 32.2. The quantitative estimate of drug-likeness (QED) is 0.0800. The topological polar surface area (TPSA) is 85.7 Å². The molecule has 1 heterocycles. The smallest absolute Gasteiger partial charge is 0.248 e. The maximum absolute atomic E-state index is 13.0. The molecule has 4 aromatic rings. The van der Waals surface area contributed by atoms with Gasteiger partial charge in [-0.1, -0.05) is 52.3 Å². The van der Waals surface area contributed by atoms with Gasteiger partial charge in [0.1, 0.15) is 12.4 Å². The van der Waals surface area contributed by atoms with Gasteiger partial charge in [-0.2, -0.15) is 0 Å². The average Bonchev–Trinajstić information content (AvgIpc) is 3.51. The summed E-state index contributed by atoms with van der Waals surface area (Å²) in [6, 6.07) is 21.6. The predicted octanol–water partition coefficient (Wildman–Crippen LogP) is 8.21. The third-order valence-corrected chi connectivity index (χ3v) is 9.10. The first kappa shape index (κ1) is 36.6. The van der Waals surface area contributed by atoms with E-state index < -0.39 is 10.8 Å². The number of carbonyl (C=O) groups excluding carboxylic acids is 1. The van der Waals surface area contributed by atoms with Gasteiger partial charge in [0.15, 0.2) is 0 Å². The molecule has 0 radical (unpaired) electrons. The largest absolute Gasteiger partial charge is 0.491 e. The van der Waals surface area contributed by atoms with E-state index in [1.54, 1.807) is 42.9 Å². The van der Waals surface area contributed by atoms with Crippen molar-refractivity contribution in [3.05, 3.63) is 96.6 Å². The van der Waals surface area contributed by atoms with Crippen LogP contribution in [0.5, 0.6) is 5.75 Å². The maximum atomic E-state index is 13.0. The predicted molar refractivity (Wildman–Crippen MR) is 198 cm³/mol. The van der Waals surface area contributed by atoms with Gasteiger partial charge in [-0.05, 0) is 90.1 Å². The van der Waals surface area contributed by atoms with Crippen LogP contribution in [-0.2, 0) is 32.6 Å². The van der Waals surface area contributed by atoms with Crippen LogP contribution < -0.4 is 15.0 Å². The molecule has 0 bridgehead atoms. The Morgan fingerprint density at radius 2 is 1.73 bits per heavy atom. The third-order valence-electron chi connectivity index (χ3n) is 7.75. The Kier molecular flexibility index (Phi) is 14.5. The molecular formula is C39H50N4O4S. The molecule has 1 amide bonds. The second kappa shape index (κ2) is 19.0. The van der Waals surface area contributed by atoms with E-state index in [-0.39, 0.29) is 5.91 Å². The summed E-state index contributed by atoms with van der Waals surface area (Å²) in [5.41, 5.74) is 5.70. The van der Waals surface area contributed by atoms with E-state index in [1.807, 2.05) is 22.8 Å². The van der Waals surface area contributed by atoms with E-state index in [2.05, 4.69) is 80.3 Å². The van der Waals surface area contributed by atoms with E-state index >= 15 is 0 Å². The number of nitrogens with zero attached hydrogens (tertiary/aromatic N) is 3. The third kappa shape index (κ3) is 11.2. The number of hydrogen-bond donors (Lipinski definition) is 1. The lowest BCUT2D eigenvalue weighted by Gasteiger charge is -2.24. The van der Waals surface area contributed by atoms with Crippen molar-refractivity contribution in [3.63, 3.8) is 0 Å². The molecule has 48 heavy (non-hydrogen) atoms. The molecule has 9 heteroatoms. The molecule has 1 atom stereocenters. The van der Waals surface area contributed by atoms with Gasteiger partial charge < -0.3 is 24.3 Å². The first-order valence-corrected chi connectivity index (χ1v) is 18.2. The Balaban J connectivity index is 1.42. The highest BCUT2D eigenvalue weighted by Crippen LogP contribution is 2.30. The fourth-order valence-corrected chi connectivity index (χ4v) is 6.45. The van der Waals surface area contributed by atoms with E-state index in [1.165, 1.54) is 0 Å². The molecule has 0 unspecified atom stereocenters. The van der Waals surface area contributed by atoms with Crippen LogP contribution in [0.15, 0.2) is 90.2 Å². The van der Waals surface area contributed by atoms with Gasteiger partial charge in [-0.15, -0.1) is 0 Å². The summed E-state index contributed by atoms with van der Waals surface area (Å²) in [5.74, 6) is 1.44. The van der Waals surface area contributed by atoms with Gasteiger partial charge in [0, 0.05) is 55.3 Å². The van der Waals surface area contributed by atoms with Gasteiger partial charge in [0.05, 0.1) is 35.2 Å². The molecule has 3 aromatic carbocycles. The minimum atomic E-state index is -1.22. The van der Waals surface area contributed by atoms with Crippen molar-refractivity contribution in [3.8, 4) is 16.9 Å². The molecule has 0 aliphatic heterocycles. The molecule has 1 N–H and O–H groups in total. The van der Waals surface area contributed by atoms with Crippen molar-refractivity contribution in [2.24, 2.45) is 5.92 Å². The van der Waals surface area contributed by atoms with Crippen molar-refractivity contribution < 1.29 is 18.5 Å². The zero-order valence-electron chi connectivity index (χ0n) is 29.0. The molecule has 0 aliphatic rings. The lowest BCUT2D eigenvalue weighted by Crippen LogP contribution is -2.23. The Bertz CT molecular complexity index is 1630. The van der Waals surface area contributed by atoms with Gasteiger partial charge in [0.2, 0.25) is 5.91 Å². The number of unbranched alkanes of at least 4 members (excludes halogenated alkanes) is 1. The number of amides is 1. The molecule has 256 valence electrons. The molecule has 8 nitrogen and oxygen atoms in total. The zero-order chi connectivity index (χ0) is 34.3. The summed E-state index contributed by atoms with van der Waals surface area (Å²) in [7, 11) is 0.862. The van der Waals surface area contributed by atoms with Crippen LogP contribution in [0, 0.1) is 5.92 Å². The zero-order valence-corrected chi connectivity index (χ0v) is 29.8. The lowest BCUT2D eigenvalue weighted by molar-refractivity contribution is -0.111. The number of anilines is 2. The number of imidazole rings is 1. The summed E-state index contributed by atoms with van der Waals surface area (Å²) in [5, 5.41) is 2.94. The van der Waals surface area contributed by atoms with Crippen LogP contribution >= 0.6 is 0 Å². The van der Waals surface area contributed by atoms with E-state index in [4.69, 9.17) is 9.47 Å². The summed E-state index contributed by atoms with van der Waals surface area (Å²) >= 11 is 0. The highest BCUT2D eigenvalue weighted by Gasteiger charge is 2.12. The van der Waals surface area contributed by atoms with Crippen LogP contribution in [-0.4, -0.2) is 53.1 Å². The van der Waals surface area contributed by atoms with E-state index in [9.17, 15) is 9.00 Å². The molecule has 0 aliphatic carbocycles. The number of aromatic nitrogens is 2. The number of carbonyl (C=O) groups is 1. The van der Waals surface area contributed by atoms with E-state index in [0.717, 1.165) is 72.8 Å². The normalized spacial score (nSPS) is 12.0. The van der Waals surface area contributed by atoms with Crippen molar-refractivity contribution >= 4 is 34.2 Å². The average molecular weight is 671 g/mol. The van der Waals surface area contributed by atoms with Gasteiger partial charge >= 0.3 is 0 Å². The molecule has 0 saturated carbocycles. The van der Waals surface area contributed by atoms with Gasteiger partial charge in [-0.3, -0.25) is 9.00 Å². The van der Waals surface area contributed by atoms with Crippen LogP contribution in [0.1, 0.15) is 58.2 Å². The fourth-order valence-electron chi connectivity index (χ4n) is 5.34. The van der Waals surface area contributed by atoms with Crippen LogP contribution in [0.2, 0.25) is 0 Å². The summed E-state index contributed by atoms with van der Waals surface area (Å²) < 4.78 is 26.5. The molecule has 1 aromatic heterocycles. The minimum Gasteiger partial charge on any atom is -0.491 e. The molecular weight excluding hydrogens is 621 g/mol. The minimum absolute atomic E-state index is 0.240. The number of ether oxygens (including phenoxy) is 2. The van der Waals surface area contributed by atoms with Crippen LogP contribution in [0.3, 0.4) is 0 Å². The Morgan fingerprint density at radius 1 is 0.979 bits per heavy atom. The molecule has 0 spiro atoms. The lowest BCUT2D eigenvalue weighted by atomic mass is 10.0. The van der Waals surface area contributed by atoms with E-state index in [0.29, 0.717) is 35.5 Å². The van der Waals surface area contributed by atoms with Gasteiger partial charge in [0.25, 0.3) is 0 Å². The van der Waals surface area contributed by atoms with Crippen molar-refractivity contribution in [1.29, 1.82) is 0 Å². The molecule has 0 saturated heterocycles. The number of hydrogen-bond acceptors (Lipinski definition) is 6. The summed E-state index contributed by atoms with van der Waals surface area (Å²) in [6.07, 6.45) is 10.2. The second-order valence-corrected chi connectivity index (χ2v) is 13.8. The maximum Gasteiger partial charge on any atom is 0.248 e. The molecule has 0 fully saturated rings. The fraction of sp³-hybridized carbons (Fsp3) is 0.385. The number of nitrogens with one attached hydrogen (secondary N) is 1. The standard InChI is InChI=1S/C39H50N4O4S/c1-6-8-22-46-23-24-47-36-15-9-31(10-16-36)32-11-19-38(42(5)27-30(3)4)33(25-32)12-20-39(44)41-34-13-17-37(18-14-34)48(45)28-35-26-40-29-43(35)21-7-2/h9-20,25-26,29-30H,6-8,21-24,27-28H2,1-5H3,(H,41,44)/t48-/m0/s1. The number of aryl methyl sites for hydroxylation is 1. The SMILES string of the molecule is CCCCOCCOc1ccc(-c2ccc(N(C)CC(C)C)c(C=CC(=O)Nc3ccc([S@@](=O)Cc4cncn4CCC)cc3)c2)cc1. The first-order chi connectivity index (χ1) is 23.3. The molecule has 4 rings (SSSR count). The Hall–Kier alpha value is -4.21. The van der Waals surface area contributed by atoms with Crippen molar-refractivity contribution in [1.82, 2.24) is 9.55 Å². The van der Waals surface area contributed by atoms with Crippen molar-refractivity contribution in [2.75, 3.05) is 43.6 Å². The van der Waals surface area contributed by atoms with Crippen molar-refractivity contribution in [2.45, 2.75) is 64.2 Å². The Morgan fingerprint density at radius 3 is 2.44 bits per heavy atom. The first-order valence-electron chi connectivity index (χ1n) is 16.9. The summed E-state index contributed by atoms with van der Waals surface area (Å²) in [4.78, 5) is 20.2. The van der Waals surface area contributed by atoms with Gasteiger partial charge in [-0.25, -0.2) is 4.98 Å². The Labute approximate surface area is 288 Å².